The van der Waals surface area contributed by atoms with E-state index in [0.717, 1.165) is 94.4 Å². The number of para-hydroxylation sites is 2. The molecule has 0 amide bonds. The van der Waals surface area contributed by atoms with Gasteiger partial charge in [-0.05, 0) is 64.0 Å². The van der Waals surface area contributed by atoms with Gasteiger partial charge in [-0.25, -0.2) is 19.9 Å². The maximum atomic E-state index is 5.37. The van der Waals surface area contributed by atoms with Crippen molar-refractivity contribution in [2.75, 3.05) is 0 Å². The molecule has 0 spiro atoms. The summed E-state index contributed by atoms with van der Waals surface area (Å²) >= 11 is 0. The van der Waals surface area contributed by atoms with Crippen molar-refractivity contribution >= 4 is 43.4 Å². The average molecular weight is 804 g/mol. The van der Waals surface area contributed by atoms with Crippen LogP contribution in [0.15, 0.2) is 224 Å². The first-order chi connectivity index (χ1) is 31.2. The molecule has 0 N–H and O–H groups in total. The first kappa shape index (κ1) is 36.3. The van der Waals surface area contributed by atoms with Crippen LogP contribution in [0.1, 0.15) is 0 Å². The van der Waals surface area contributed by atoms with Gasteiger partial charge in [0, 0.05) is 49.8 Å². The zero-order valence-corrected chi connectivity index (χ0v) is 34.1. The van der Waals surface area contributed by atoms with Gasteiger partial charge in [-0.1, -0.05) is 182 Å². The fourth-order valence-electron chi connectivity index (χ4n) is 9.03. The van der Waals surface area contributed by atoms with E-state index in [-0.39, 0.29) is 0 Å². The minimum Gasteiger partial charge on any atom is -0.309 e. The highest BCUT2D eigenvalue weighted by Crippen LogP contribution is 2.39. The van der Waals surface area contributed by atoms with Crippen LogP contribution in [-0.2, 0) is 0 Å². The van der Waals surface area contributed by atoms with E-state index in [0.29, 0.717) is 11.6 Å². The van der Waals surface area contributed by atoms with E-state index in [1.54, 1.807) is 0 Å². The molecule has 0 aliphatic carbocycles. The number of fused-ring (bicyclic) bond motifs is 5. The van der Waals surface area contributed by atoms with Crippen molar-refractivity contribution in [1.82, 2.24) is 24.5 Å². The Morgan fingerprint density at radius 3 is 1.13 bits per heavy atom. The highest BCUT2D eigenvalue weighted by atomic mass is 15.0. The van der Waals surface area contributed by atoms with E-state index < -0.39 is 0 Å². The molecule has 5 nitrogen and oxygen atoms in total. The Balaban J connectivity index is 1.16. The summed E-state index contributed by atoms with van der Waals surface area (Å²) < 4.78 is 2.37. The van der Waals surface area contributed by atoms with Gasteiger partial charge in [0.1, 0.15) is 0 Å². The van der Waals surface area contributed by atoms with Gasteiger partial charge in [0.15, 0.2) is 11.6 Å². The molecule has 12 rings (SSSR count). The smallest absolute Gasteiger partial charge is 0.160 e. The lowest BCUT2D eigenvalue weighted by molar-refractivity contribution is 1.16. The molecule has 0 atom stereocenters. The van der Waals surface area contributed by atoms with E-state index in [4.69, 9.17) is 19.9 Å². The van der Waals surface area contributed by atoms with Gasteiger partial charge >= 0.3 is 0 Å². The third kappa shape index (κ3) is 6.51. The van der Waals surface area contributed by atoms with Crippen molar-refractivity contribution in [3.63, 3.8) is 0 Å². The first-order valence-electron chi connectivity index (χ1n) is 21.2. The highest BCUT2D eigenvalue weighted by molar-refractivity contribution is 6.09. The molecule has 0 aliphatic heterocycles. The van der Waals surface area contributed by atoms with Crippen molar-refractivity contribution in [2.45, 2.75) is 0 Å². The zero-order chi connectivity index (χ0) is 41.7. The summed E-state index contributed by atoms with van der Waals surface area (Å²) in [5.74, 6) is 1.32. The van der Waals surface area contributed by atoms with E-state index in [1.165, 1.54) is 10.8 Å². The van der Waals surface area contributed by atoms with Crippen LogP contribution in [0.4, 0.5) is 0 Å². The molecule has 63 heavy (non-hydrogen) atoms. The molecule has 294 valence electrons. The number of benzene rings is 9. The third-order valence-electron chi connectivity index (χ3n) is 12.0. The lowest BCUT2D eigenvalue weighted by atomic mass is 9.98. The summed E-state index contributed by atoms with van der Waals surface area (Å²) in [6, 6.07) is 78.6. The first-order valence-corrected chi connectivity index (χ1v) is 21.2. The molecule has 0 saturated heterocycles. The molecule has 5 heteroatoms. The van der Waals surface area contributed by atoms with Crippen LogP contribution >= 0.6 is 0 Å². The lowest BCUT2D eigenvalue weighted by Crippen LogP contribution is -2.00. The molecule has 12 aromatic rings. The quantitative estimate of drug-likeness (QED) is 0.161. The predicted octanol–water partition coefficient (Wildman–Crippen LogP) is 14.7. The summed E-state index contributed by atoms with van der Waals surface area (Å²) in [7, 11) is 0. The number of hydrogen-bond donors (Lipinski definition) is 0. The SMILES string of the molecule is c1ccc(-c2nc(-c3cc(-c4cc(-c5cccc6ccccc56)nc(-c5ccccc5)n4)cc(-n4c5ccccc5c5ccccc54)c3)cc(-c3cccc4ccccc34)n2)cc1. The van der Waals surface area contributed by atoms with Crippen molar-refractivity contribution in [1.29, 1.82) is 0 Å². The second-order valence-corrected chi connectivity index (χ2v) is 15.8. The Morgan fingerprint density at radius 2 is 0.651 bits per heavy atom. The monoisotopic (exact) mass is 803 g/mol. The minimum atomic E-state index is 0.659. The molecular weight excluding hydrogens is 767 g/mol. The van der Waals surface area contributed by atoms with Gasteiger partial charge in [0.05, 0.1) is 33.8 Å². The van der Waals surface area contributed by atoms with Crippen LogP contribution in [0.2, 0.25) is 0 Å². The molecule has 9 aromatic carbocycles. The molecule has 3 heterocycles. The zero-order valence-electron chi connectivity index (χ0n) is 34.1. The van der Waals surface area contributed by atoms with Crippen LogP contribution < -0.4 is 0 Å². The Bertz CT molecular complexity index is 3440. The molecule has 0 aliphatic rings. The molecule has 0 unspecified atom stereocenters. The Kier molecular flexibility index (Phi) is 8.75. The van der Waals surface area contributed by atoms with E-state index in [9.17, 15) is 0 Å². The van der Waals surface area contributed by atoms with Gasteiger partial charge in [0.2, 0.25) is 0 Å². The lowest BCUT2D eigenvalue weighted by Gasteiger charge is -2.16. The normalized spacial score (nSPS) is 11.5. The molecule has 0 radical (unpaired) electrons. The molecule has 0 saturated carbocycles. The van der Waals surface area contributed by atoms with Gasteiger partial charge in [-0.2, -0.15) is 0 Å². The van der Waals surface area contributed by atoms with Crippen LogP contribution in [0.3, 0.4) is 0 Å². The summed E-state index contributed by atoms with van der Waals surface area (Å²) in [6.45, 7) is 0. The number of rotatable bonds is 7. The van der Waals surface area contributed by atoms with E-state index in [1.807, 2.05) is 36.4 Å². The van der Waals surface area contributed by atoms with Crippen LogP contribution in [0, 0.1) is 0 Å². The molecule has 3 aromatic heterocycles. The van der Waals surface area contributed by atoms with Crippen LogP contribution in [0.5, 0.6) is 0 Å². The fourth-order valence-corrected chi connectivity index (χ4v) is 9.03. The summed E-state index contributed by atoms with van der Waals surface area (Å²) in [6.07, 6.45) is 0. The van der Waals surface area contributed by atoms with Crippen LogP contribution in [-0.4, -0.2) is 24.5 Å². The van der Waals surface area contributed by atoms with Crippen molar-refractivity contribution in [3.8, 4) is 73.5 Å². The van der Waals surface area contributed by atoms with E-state index >= 15 is 0 Å². The summed E-state index contributed by atoms with van der Waals surface area (Å²) in [4.78, 5) is 21.3. The second-order valence-electron chi connectivity index (χ2n) is 15.8. The maximum Gasteiger partial charge on any atom is 0.160 e. The van der Waals surface area contributed by atoms with Crippen molar-refractivity contribution in [3.05, 3.63) is 224 Å². The summed E-state index contributed by atoms with van der Waals surface area (Å²) in [5, 5.41) is 6.98. The third-order valence-corrected chi connectivity index (χ3v) is 12.0. The Labute approximate surface area is 364 Å². The van der Waals surface area contributed by atoms with Gasteiger partial charge in [-0.3, -0.25) is 0 Å². The van der Waals surface area contributed by atoms with Crippen molar-refractivity contribution in [2.24, 2.45) is 0 Å². The Morgan fingerprint density at radius 1 is 0.270 bits per heavy atom. The van der Waals surface area contributed by atoms with Crippen molar-refractivity contribution < 1.29 is 0 Å². The fraction of sp³-hybridized carbons (Fsp3) is 0. The number of nitrogens with zero attached hydrogens (tertiary/aromatic N) is 5. The number of aromatic nitrogens is 5. The number of hydrogen-bond acceptors (Lipinski definition) is 4. The molecule has 0 bridgehead atoms. The van der Waals surface area contributed by atoms with Gasteiger partial charge < -0.3 is 4.57 Å². The maximum absolute atomic E-state index is 5.37. The largest absolute Gasteiger partial charge is 0.309 e. The van der Waals surface area contributed by atoms with Gasteiger partial charge in [-0.15, -0.1) is 0 Å². The highest BCUT2D eigenvalue weighted by Gasteiger charge is 2.19. The van der Waals surface area contributed by atoms with Gasteiger partial charge in [0.25, 0.3) is 0 Å². The topological polar surface area (TPSA) is 56.5 Å². The second kappa shape index (κ2) is 15.2. The standard InChI is InChI=1S/C58H37N5/c1-3-19-40(20-4-1)57-59-51(36-53(61-57)47-29-15-23-38-17-7-9-25-45(38)47)42-33-43(35-44(34-42)63-55-31-13-11-27-49(55)50-28-12-14-32-56(50)63)52-37-54(62-58(60-52)41-21-5-2-6-22-41)48-30-16-24-39-18-8-10-26-46(39)48/h1-37H. The molecular formula is C58H37N5. The van der Waals surface area contributed by atoms with E-state index in [2.05, 4.69) is 193 Å². The Hall–Kier alpha value is -8.54. The van der Waals surface area contributed by atoms with Crippen LogP contribution in [0.25, 0.3) is 117 Å². The predicted molar refractivity (Wildman–Crippen MR) is 260 cm³/mol. The summed E-state index contributed by atoms with van der Waals surface area (Å²) in [5.41, 5.74) is 12.4. The molecule has 0 fully saturated rings. The average Bonchev–Trinajstić information content (AvgIpc) is 3.70. The minimum absolute atomic E-state index is 0.659.